The summed E-state index contributed by atoms with van der Waals surface area (Å²) in [4.78, 5) is 12.7. The van der Waals surface area contributed by atoms with Crippen molar-refractivity contribution in [2.24, 2.45) is 5.92 Å². The summed E-state index contributed by atoms with van der Waals surface area (Å²) in [6.45, 7) is 5.03. The fourth-order valence-electron chi connectivity index (χ4n) is 4.51. The molecule has 1 fully saturated rings. The van der Waals surface area contributed by atoms with Gasteiger partial charge in [0.25, 0.3) is 5.91 Å². The number of rotatable bonds is 6. The molecule has 0 unspecified atom stereocenters. The van der Waals surface area contributed by atoms with Gasteiger partial charge in [0.1, 0.15) is 17.0 Å². The van der Waals surface area contributed by atoms with Gasteiger partial charge in [0, 0.05) is 33.8 Å². The molecule has 1 amide bonds. The van der Waals surface area contributed by atoms with Crippen LogP contribution in [0.2, 0.25) is 5.02 Å². The third-order valence-electron chi connectivity index (χ3n) is 6.50. The first-order valence-electron chi connectivity index (χ1n) is 11.8. The average molecular weight is 488 g/mol. The molecule has 1 saturated heterocycles. The number of nitriles is 1. The highest BCUT2D eigenvalue weighted by molar-refractivity contribution is 6.31. The van der Waals surface area contributed by atoms with E-state index in [0.29, 0.717) is 41.0 Å². The van der Waals surface area contributed by atoms with E-state index in [4.69, 9.17) is 21.3 Å². The summed E-state index contributed by atoms with van der Waals surface area (Å²) in [7, 11) is 0. The second-order valence-electron chi connectivity index (χ2n) is 9.02. The zero-order chi connectivity index (χ0) is 24.4. The second-order valence-corrected chi connectivity index (χ2v) is 9.45. The summed E-state index contributed by atoms with van der Waals surface area (Å²) in [6, 6.07) is 16.9. The van der Waals surface area contributed by atoms with Crippen LogP contribution in [0, 0.1) is 24.2 Å². The number of benzene rings is 2. The van der Waals surface area contributed by atoms with E-state index in [0.717, 1.165) is 53.7 Å². The van der Waals surface area contributed by atoms with E-state index in [1.165, 1.54) is 0 Å². The van der Waals surface area contributed by atoms with Crippen molar-refractivity contribution in [2.45, 2.75) is 26.3 Å². The summed E-state index contributed by atoms with van der Waals surface area (Å²) in [6.07, 6.45) is 2.15. The topological polar surface area (TPSA) is 95.9 Å². The number of carbonyl (C=O) groups is 1. The normalized spacial score (nSPS) is 14.2. The first kappa shape index (κ1) is 23.2. The van der Waals surface area contributed by atoms with Crippen molar-refractivity contribution < 1.29 is 9.21 Å². The summed E-state index contributed by atoms with van der Waals surface area (Å²) in [5.74, 6) is 1.05. The van der Waals surface area contributed by atoms with E-state index in [1.807, 2.05) is 43.3 Å². The Bertz CT molecular complexity index is 1410. The van der Waals surface area contributed by atoms with Gasteiger partial charge < -0.3 is 15.1 Å². The van der Waals surface area contributed by atoms with E-state index in [1.54, 1.807) is 16.8 Å². The van der Waals surface area contributed by atoms with E-state index < -0.39 is 0 Å². The van der Waals surface area contributed by atoms with Crippen LogP contribution in [0.4, 0.5) is 0 Å². The highest BCUT2D eigenvalue weighted by Crippen LogP contribution is 2.33. The van der Waals surface area contributed by atoms with Gasteiger partial charge in [0.15, 0.2) is 0 Å². The minimum absolute atomic E-state index is 0.150. The van der Waals surface area contributed by atoms with Crippen LogP contribution in [0.5, 0.6) is 0 Å². The Hall–Kier alpha value is -3.60. The van der Waals surface area contributed by atoms with E-state index in [2.05, 4.69) is 21.8 Å². The SMILES string of the molecule is Cc1cc(C(=O)NCC2CCNCC2)nn1Cc1cc(Cl)cc2cc(-c3ccc(C#N)cc3)oc12. The van der Waals surface area contributed by atoms with Crippen molar-refractivity contribution in [1.29, 1.82) is 5.26 Å². The number of aryl methyl sites for hydroxylation is 1. The standard InChI is InChI=1S/C27H26ClN5O2/c1-17-10-24(27(34)31-15-19-6-8-30-9-7-19)32-33(17)16-22-12-23(28)11-21-13-25(35-26(21)22)20-4-2-18(14-29)3-5-20/h2-5,10-13,19,30H,6-9,15-16H2,1H3,(H,31,34). The van der Waals surface area contributed by atoms with Crippen molar-refractivity contribution in [1.82, 2.24) is 20.4 Å². The predicted molar refractivity (Wildman–Crippen MR) is 135 cm³/mol. The highest BCUT2D eigenvalue weighted by atomic mass is 35.5. The number of hydrogen-bond donors (Lipinski definition) is 2. The minimum Gasteiger partial charge on any atom is -0.456 e. The summed E-state index contributed by atoms with van der Waals surface area (Å²) in [5, 5.41) is 21.5. The Labute approximate surface area is 208 Å². The molecule has 5 rings (SSSR count). The molecule has 2 N–H and O–H groups in total. The number of fused-ring (bicyclic) bond motifs is 1. The monoisotopic (exact) mass is 487 g/mol. The van der Waals surface area contributed by atoms with Gasteiger partial charge in [0.05, 0.1) is 18.2 Å². The molecule has 0 spiro atoms. The lowest BCUT2D eigenvalue weighted by Gasteiger charge is -2.22. The summed E-state index contributed by atoms with van der Waals surface area (Å²) in [5.41, 5.74) is 4.36. The first-order chi connectivity index (χ1) is 17.0. The van der Waals surface area contributed by atoms with Crippen LogP contribution in [-0.2, 0) is 6.54 Å². The fourth-order valence-corrected chi connectivity index (χ4v) is 4.76. The van der Waals surface area contributed by atoms with E-state index in [-0.39, 0.29) is 5.91 Å². The number of nitrogens with one attached hydrogen (secondary N) is 2. The van der Waals surface area contributed by atoms with Crippen molar-refractivity contribution in [2.75, 3.05) is 19.6 Å². The molecular formula is C27H26ClN5O2. The Morgan fingerprint density at radius 3 is 2.74 bits per heavy atom. The summed E-state index contributed by atoms with van der Waals surface area (Å²) >= 11 is 6.42. The molecule has 178 valence electrons. The lowest BCUT2D eigenvalue weighted by Crippen LogP contribution is -2.36. The van der Waals surface area contributed by atoms with Crippen LogP contribution in [0.15, 0.2) is 52.9 Å². The number of halogens is 1. The van der Waals surface area contributed by atoms with Crippen LogP contribution >= 0.6 is 11.6 Å². The molecule has 8 heteroatoms. The fraction of sp³-hybridized carbons (Fsp3) is 0.296. The van der Waals surface area contributed by atoms with Gasteiger partial charge in [-0.15, -0.1) is 0 Å². The molecule has 0 saturated carbocycles. The molecule has 7 nitrogen and oxygen atoms in total. The smallest absolute Gasteiger partial charge is 0.271 e. The van der Waals surface area contributed by atoms with Crippen molar-refractivity contribution in [3.63, 3.8) is 0 Å². The van der Waals surface area contributed by atoms with Crippen molar-refractivity contribution >= 4 is 28.5 Å². The maximum Gasteiger partial charge on any atom is 0.271 e. The van der Waals surface area contributed by atoms with Gasteiger partial charge in [-0.1, -0.05) is 11.6 Å². The predicted octanol–water partition coefficient (Wildman–Crippen LogP) is 4.91. The second kappa shape index (κ2) is 9.95. The first-order valence-corrected chi connectivity index (χ1v) is 12.1. The zero-order valence-electron chi connectivity index (χ0n) is 19.5. The van der Waals surface area contributed by atoms with Crippen LogP contribution in [0.3, 0.4) is 0 Å². The van der Waals surface area contributed by atoms with Gasteiger partial charge in [-0.2, -0.15) is 10.4 Å². The molecule has 3 heterocycles. The van der Waals surface area contributed by atoms with Gasteiger partial charge in [-0.05, 0) is 87.3 Å². The number of amides is 1. The number of furan rings is 1. The molecule has 0 aliphatic carbocycles. The molecule has 35 heavy (non-hydrogen) atoms. The van der Waals surface area contributed by atoms with E-state index >= 15 is 0 Å². The quantitative estimate of drug-likeness (QED) is 0.403. The molecule has 1 aliphatic rings. The van der Waals surface area contributed by atoms with Crippen LogP contribution < -0.4 is 10.6 Å². The number of piperidine rings is 1. The lowest BCUT2D eigenvalue weighted by molar-refractivity contribution is 0.0938. The van der Waals surface area contributed by atoms with E-state index in [9.17, 15) is 4.79 Å². The third-order valence-corrected chi connectivity index (χ3v) is 6.72. The van der Waals surface area contributed by atoms with Crippen molar-refractivity contribution in [3.05, 3.63) is 76.1 Å². The average Bonchev–Trinajstić information content (AvgIpc) is 3.47. The van der Waals surface area contributed by atoms with Gasteiger partial charge >= 0.3 is 0 Å². The summed E-state index contributed by atoms with van der Waals surface area (Å²) < 4.78 is 8.02. The Balaban J connectivity index is 1.37. The van der Waals surface area contributed by atoms with Crippen LogP contribution in [0.1, 0.15) is 40.2 Å². The number of nitrogens with zero attached hydrogens (tertiary/aromatic N) is 3. The Kier molecular flexibility index (Phi) is 6.58. The molecule has 0 radical (unpaired) electrons. The molecule has 2 aromatic carbocycles. The molecule has 0 bridgehead atoms. The number of aromatic nitrogens is 2. The Morgan fingerprint density at radius 2 is 2.00 bits per heavy atom. The number of hydrogen-bond acceptors (Lipinski definition) is 5. The minimum atomic E-state index is -0.150. The van der Waals surface area contributed by atoms with Crippen molar-refractivity contribution in [3.8, 4) is 17.4 Å². The Morgan fingerprint density at radius 1 is 1.23 bits per heavy atom. The molecule has 4 aromatic rings. The zero-order valence-corrected chi connectivity index (χ0v) is 20.2. The van der Waals surface area contributed by atoms with Crippen LogP contribution in [-0.4, -0.2) is 35.3 Å². The van der Waals surface area contributed by atoms with Gasteiger partial charge in [0.2, 0.25) is 0 Å². The number of carbonyl (C=O) groups excluding carboxylic acids is 1. The lowest BCUT2D eigenvalue weighted by atomic mass is 9.98. The maximum absolute atomic E-state index is 12.7. The molecule has 1 aliphatic heterocycles. The third kappa shape index (κ3) is 5.09. The highest BCUT2D eigenvalue weighted by Gasteiger charge is 2.18. The molecular weight excluding hydrogens is 462 g/mol. The van der Waals surface area contributed by atoms with Crippen LogP contribution in [0.25, 0.3) is 22.3 Å². The molecule has 2 aromatic heterocycles. The largest absolute Gasteiger partial charge is 0.456 e. The van der Waals surface area contributed by atoms with Gasteiger partial charge in [-0.25, -0.2) is 0 Å². The molecule has 0 atom stereocenters. The van der Waals surface area contributed by atoms with Gasteiger partial charge in [-0.3, -0.25) is 9.48 Å². The maximum atomic E-state index is 12.7.